The number of carbonyl (C=O) groups excluding carboxylic acids is 2. The zero-order valence-electron chi connectivity index (χ0n) is 11.8. The van der Waals surface area contributed by atoms with Crippen LogP contribution in [-0.4, -0.2) is 34.0 Å². The van der Waals surface area contributed by atoms with Crippen molar-refractivity contribution >= 4 is 23.6 Å². The Morgan fingerprint density at radius 3 is 2.55 bits per heavy atom. The summed E-state index contributed by atoms with van der Waals surface area (Å²) < 4.78 is 0. The van der Waals surface area contributed by atoms with E-state index in [-0.39, 0.29) is 17.9 Å². The number of thioether (sulfide) groups is 1. The van der Waals surface area contributed by atoms with E-state index in [9.17, 15) is 9.59 Å². The van der Waals surface area contributed by atoms with Crippen LogP contribution in [0.4, 0.5) is 0 Å². The fourth-order valence-corrected chi connectivity index (χ4v) is 3.82. The molecule has 0 bridgehead atoms. The Bertz CT molecular complexity index is 579. The molecule has 0 spiro atoms. The number of fused-ring (bicyclic) bond motifs is 1. The van der Waals surface area contributed by atoms with Crippen molar-refractivity contribution in [1.29, 1.82) is 0 Å². The van der Waals surface area contributed by atoms with Gasteiger partial charge in [-0.25, -0.2) is 4.98 Å². The van der Waals surface area contributed by atoms with Gasteiger partial charge >= 0.3 is 0 Å². The first-order valence-corrected chi connectivity index (χ1v) is 8.29. The van der Waals surface area contributed by atoms with Crippen LogP contribution < -0.4 is 0 Å². The van der Waals surface area contributed by atoms with E-state index in [1.54, 1.807) is 6.07 Å². The summed E-state index contributed by atoms with van der Waals surface area (Å²) in [5, 5.41) is 0.677. The molecule has 106 valence electrons. The van der Waals surface area contributed by atoms with Gasteiger partial charge in [0.1, 0.15) is 5.03 Å². The zero-order valence-corrected chi connectivity index (χ0v) is 12.6. The number of hydrogen-bond donors (Lipinski definition) is 0. The highest BCUT2D eigenvalue weighted by Crippen LogP contribution is 2.34. The lowest BCUT2D eigenvalue weighted by atomic mass is 9.94. The maximum atomic E-state index is 12.6. The van der Waals surface area contributed by atoms with Crippen molar-refractivity contribution in [3.63, 3.8) is 0 Å². The Morgan fingerprint density at radius 1 is 1.20 bits per heavy atom. The summed E-state index contributed by atoms with van der Waals surface area (Å²) in [5.74, 6) is -0.272. The molecule has 1 aromatic rings. The second-order valence-corrected chi connectivity index (χ2v) is 6.26. The number of aromatic nitrogens is 1. The quantitative estimate of drug-likeness (QED) is 0.620. The average molecular weight is 290 g/mol. The van der Waals surface area contributed by atoms with Gasteiger partial charge in [-0.05, 0) is 32.1 Å². The summed E-state index contributed by atoms with van der Waals surface area (Å²) in [5.41, 5.74) is 1.84. The molecule has 0 unspecified atom stereocenters. The fourth-order valence-electron chi connectivity index (χ4n) is 3.18. The van der Waals surface area contributed by atoms with Crippen LogP contribution in [0.3, 0.4) is 0 Å². The zero-order chi connectivity index (χ0) is 14.3. The third kappa shape index (κ3) is 2.04. The van der Waals surface area contributed by atoms with Gasteiger partial charge in [0, 0.05) is 11.7 Å². The van der Waals surface area contributed by atoms with Crippen LogP contribution in [0, 0.1) is 6.92 Å². The Kier molecular flexibility index (Phi) is 3.54. The summed E-state index contributed by atoms with van der Waals surface area (Å²) in [6.45, 7) is 1.86. The number of imide groups is 1. The predicted molar refractivity (Wildman–Crippen MR) is 78.1 cm³/mol. The molecule has 2 heterocycles. The molecule has 4 nitrogen and oxygen atoms in total. The van der Waals surface area contributed by atoms with Gasteiger partial charge in [0.15, 0.2) is 0 Å². The highest BCUT2D eigenvalue weighted by molar-refractivity contribution is 7.98. The molecular formula is C15H18N2O2S. The molecule has 0 radical (unpaired) electrons. The third-order valence-electron chi connectivity index (χ3n) is 4.13. The Hall–Kier alpha value is -1.36. The van der Waals surface area contributed by atoms with Crippen molar-refractivity contribution in [2.45, 2.75) is 50.1 Å². The summed E-state index contributed by atoms with van der Waals surface area (Å²) in [4.78, 5) is 31.1. The molecule has 3 rings (SSSR count). The van der Waals surface area contributed by atoms with Crippen molar-refractivity contribution in [1.82, 2.24) is 9.88 Å². The van der Waals surface area contributed by atoms with Gasteiger partial charge in [-0.15, -0.1) is 11.8 Å². The smallest absolute Gasteiger partial charge is 0.264 e. The number of amides is 2. The largest absolute Gasteiger partial charge is 0.271 e. The van der Waals surface area contributed by atoms with E-state index in [4.69, 9.17) is 0 Å². The van der Waals surface area contributed by atoms with Crippen LogP contribution in [0.5, 0.6) is 0 Å². The van der Waals surface area contributed by atoms with Crippen molar-refractivity contribution in [3.8, 4) is 0 Å². The molecular weight excluding hydrogens is 272 g/mol. The van der Waals surface area contributed by atoms with Crippen molar-refractivity contribution in [3.05, 3.63) is 22.9 Å². The molecule has 0 saturated heterocycles. The second-order valence-electron chi connectivity index (χ2n) is 5.47. The van der Waals surface area contributed by atoms with E-state index in [0.717, 1.165) is 31.4 Å². The monoisotopic (exact) mass is 290 g/mol. The van der Waals surface area contributed by atoms with E-state index in [1.807, 2.05) is 13.2 Å². The molecule has 20 heavy (non-hydrogen) atoms. The van der Waals surface area contributed by atoms with E-state index in [2.05, 4.69) is 4.98 Å². The minimum Gasteiger partial charge on any atom is -0.271 e. The number of pyridine rings is 1. The van der Waals surface area contributed by atoms with Crippen molar-refractivity contribution < 1.29 is 9.59 Å². The molecule has 1 fully saturated rings. The molecule has 1 aliphatic heterocycles. The van der Waals surface area contributed by atoms with Crippen LogP contribution in [0.25, 0.3) is 0 Å². The lowest BCUT2D eigenvalue weighted by Crippen LogP contribution is -2.40. The molecule has 5 heteroatoms. The normalized spacial score (nSPS) is 19.6. The standard InChI is InChI=1S/C15H18N2O2S/c1-9-8-11-12(13(16-9)20-2)15(19)17(14(11)18)10-6-4-3-5-7-10/h8,10H,3-7H2,1-2H3. The molecule has 1 aromatic heterocycles. The van der Waals surface area contributed by atoms with Crippen molar-refractivity contribution in [2.75, 3.05) is 6.26 Å². The van der Waals surface area contributed by atoms with Gasteiger partial charge in [-0.1, -0.05) is 19.3 Å². The fraction of sp³-hybridized carbons (Fsp3) is 0.533. The molecule has 2 aliphatic rings. The molecule has 1 aliphatic carbocycles. The summed E-state index contributed by atoms with van der Waals surface area (Å²) >= 11 is 1.43. The van der Waals surface area contributed by atoms with Gasteiger partial charge in [-0.2, -0.15) is 0 Å². The van der Waals surface area contributed by atoms with Crippen LogP contribution in [0.1, 0.15) is 58.5 Å². The first-order valence-electron chi connectivity index (χ1n) is 7.07. The number of rotatable bonds is 2. The molecule has 0 N–H and O–H groups in total. The summed E-state index contributed by atoms with van der Waals surface area (Å²) in [6.07, 6.45) is 7.17. The number of hydrogen-bond acceptors (Lipinski definition) is 4. The van der Waals surface area contributed by atoms with E-state index in [0.29, 0.717) is 16.2 Å². The van der Waals surface area contributed by atoms with E-state index < -0.39 is 0 Å². The minimum absolute atomic E-state index is 0.0752. The topological polar surface area (TPSA) is 50.3 Å². The first kappa shape index (κ1) is 13.6. The molecule has 0 atom stereocenters. The highest BCUT2D eigenvalue weighted by atomic mass is 32.2. The first-order chi connectivity index (χ1) is 9.63. The lowest BCUT2D eigenvalue weighted by molar-refractivity contribution is 0.0547. The SMILES string of the molecule is CSc1nc(C)cc2c1C(=O)N(C1CCCCC1)C2=O. The van der Waals surface area contributed by atoms with E-state index in [1.165, 1.54) is 23.1 Å². The number of aryl methyl sites for hydroxylation is 1. The van der Waals surface area contributed by atoms with Gasteiger partial charge in [-0.3, -0.25) is 14.5 Å². The summed E-state index contributed by atoms with van der Waals surface area (Å²) in [6, 6.07) is 1.82. The van der Waals surface area contributed by atoms with Gasteiger partial charge in [0.05, 0.1) is 11.1 Å². The number of nitrogens with zero attached hydrogens (tertiary/aromatic N) is 2. The Labute approximate surface area is 122 Å². The van der Waals surface area contributed by atoms with Gasteiger partial charge in [0.2, 0.25) is 0 Å². The van der Waals surface area contributed by atoms with Crippen LogP contribution in [0.15, 0.2) is 11.1 Å². The van der Waals surface area contributed by atoms with Gasteiger partial charge in [0.25, 0.3) is 11.8 Å². The Balaban J connectivity index is 2.03. The maximum Gasteiger partial charge on any atom is 0.264 e. The lowest BCUT2D eigenvalue weighted by Gasteiger charge is -2.29. The van der Waals surface area contributed by atoms with Crippen molar-refractivity contribution in [2.24, 2.45) is 0 Å². The molecule has 1 saturated carbocycles. The average Bonchev–Trinajstić information content (AvgIpc) is 2.71. The van der Waals surface area contributed by atoms with Crippen LogP contribution in [0.2, 0.25) is 0 Å². The minimum atomic E-state index is -0.145. The van der Waals surface area contributed by atoms with E-state index >= 15 is 0 Å². The predicted octanol–water partition coefficient (Wildman–Crippen LogP) is 3.04. The maximum absolute atomic E-state index is 12.6. The van der Waals surface area contributed by atoms with Gasteiger partial charge < -0.3 is 0 Å². The van der Waals surface area contributed by atoms with Crippen LogP contribution >= 0.6 is 11.8 Å². The third-order valence-corrected chi connectivity index (χ3v) is 4.81. The summed E-state index contributed by atoms with van der Waals surface area (Å²) in [7, 11) is 0. The molecule has 0 aromatic carbocycles. The highest BCUT2D eigenvalue weighted by Gasteiger charge is 2.42. The number of carbonyl (C=O) groups is 2. The Morgan fingerprint density at radius 2 is 1.90 bits per heavy atom. The van der Waals surface area contributed by atoms with Crippen LogP contribution in [-0.2, 0) is 0 Å². The second kappa shape index (κ2) is 5.20. The molecule has 2 amide bonds.